The van der Waals surface area contributed by atoms with Gasteiger partial charge in [-0.25, -0.2) is 4.98 Å². The molecule has 3 aromatic rings. The van der Waals surface area contributed by atoms with Gasteiger partial charge in [0.1, 0.15) is 11.4 Å². The van der Waals surface area contributed by atoms with Crippen LogP contribution in [0.25, 0.3) is 0 Å². The Morgan fingerprint density at radius 1 is 1.19 bits per heavy atom. The molecule has 0 saturated carbocycles. The van der Waals surface area contributed by atoms with Gasteiger partial charge in [-0.15, -0.1) is 11.3 Å². The van der Waals surface area contributed by atoms with Gasteiger partial charge in [0, 0.05) is 24.9 Å². The maximum atomic E-state index is 12.9. The molecule has 0 N–H and O–H groups in total. The van der Waals surface area contributed by atoms with Crippen molar-refractivity contribution in [1.82, 2.24) is 9.88 Å². The van der Waals surface area contributed by atoms with Gasteiger partial charge < -0.3 is 9.64 Å². The molecule has 0 saturated heterocycles. The van der Waals surface area contributed by atoms with Crippen LogP contribution in [0.2, 0.25) is 0 Å². The summed E-state index contributed by atoms with van der Waals surface area (Å²) in [5, 5.41) is 2.85. The number of rotatable bonds is 5. The fourth-order valence-corrected chi connectivity index (χ4v) is 4.19. The highest BCUT2D eigenvalue weighted by atomic mass is 32.1. The number of nitrogens with zero attached hydrogens (tertiary/aromatic N) is 2. The molecule has 4 rings (SSSR count). The lowest BCUT2D eigenvalue weighted by atomic mass is 9.99. The molecule has 1 aliphatic rings. The first-order valence-electron chi connectivity index (χ1n) is 9.25. The molecule has 138 valence electrons. The van der Waals surface area contributed by atoms with Gasteiger partial charge in [0.15, 0.2) is 0 Å². The van der Waals surface area contributed by atoms with Crippen molar-refractivity contribution in [2.24, 2.45) is 0 Å². The topological polar surface area (TPSA) is 42.4 Å². The Labute approximate surface area is 163 Å². The second-order valence-corrected chi connectivity index (χ2v) is 7.57. The van der Waals surface area contributed by atoms with Gasteiger partial charge in [-0.05, 0) is 42.2 Å². The first-order valence-corrected chi connectivity index (χ1v) is 10.1. The van der Waals surface area contributed by atoms with Crippen molar-refractivity contribution in [3.63, 3.8) is 0 Å². The number of hydrogen-bond donors (Lipinski definition) is 0. The number of carbonyl (C=O) groups excluding carboxylic acids is 1. The average molecular weight is 378 g/mol. The van der Waals surface area contributed by atoms with E-state index in [4.69, 9.17) is 4.74 Å². The molecule has 1 aliphatic heterocycles. The summed E-state index contributed by atoms with van der Waals surface area (Å²) in [7, 11) is 0. The minimum atomic E-state index is 0.0121. The number of thiazole rings is 1. The Bertz CT molecular complexity index is 936. The van der Waals surface area contributed by atoms with E-state index in [1.54, 1.807) is 11.3 Å². The second kappa shape index (κ2) is 7.92. The van der Waals surface area contributed by atoms with Gasteiger partial charge in [-0.1, -0.05) is 36.4 Å². The Hall–Kier alpha value is -2.66. The molecular formula is C22H22N2O2S. The van der Waals surface area contributed by atoms with Crippen molar-refractivity contribution in [3.8, 4) is 5.75 Å². The van der Waals surface area contributed by atoms with E-state index in [-0.39, 0.29) is 5.91 Å². The molecule has 0 fully saturated rings. The molecule has 0 spiro atoms. The van der Waals surface area contributed by atoms with Crippen LogP contribution in [0.4, 0.5) is 0 Å². The van der Waals surface area contributed by atoms with Crippen molar-refractivity contribution in [2.75, 3.05) is 13.2 Å². The average Bonchev–Trinajstić information content (AvgIpc) is 3.16. The Balaban J connectivity index is 1.46. The number of amides is 1. The quantitative estimate of drug-likeness (QED) is 0.664. The summed E-state index contributed by atoms with van der Waals surface area (Å²) in [5.74, 6) is 0.877. The number of benzene rings is 2. The number of ether oxygens (including phenoxy) is 1. The third-order valence-corrected chi connectivity index (χ3v) is 5.61. The van der Waals surface area contributed by atoms with Crippen LogP contribution < -0.4 is 4.74 Å². The third-order valence-electron chi connectivity index (χ3n) is 4.76. The van der Waals surface area contributed by atoms with E-state index in [0.29, 0.717) is 18.8 Å². The molecule has 0 aliphatic carbocycles. The molecule has 0 bridgehead atoms. The molecule has 0 radical (unpaired) electrons. The summed E-state index contributed by atoms with van der Waals surface area (Å²) in [6.07, 6.45) is 1.63. The fraction of sp³-hybridized carbons (Fsp3) is 0.273. The van der Waals surface area contributed by atoms with E-state index in [1.165, 1.54) is 16.7 Å². The van der Waals surface area contributed by atoms with E-state index in [2.05, 4.69) is 29.2 Å². The van der Waals surface area contributed by atoms with Crippen molar-refractivity contribution >= 4 is 17.2 Å². The zero-order valence-electron chi connectivity index (χ0n) is 15.4. The maximum absolute atomic E-state index is 12.9. The predicted octanol–water partition coefficient (Wildman–Crippen LogP) is 4.33. The highest BCUT2D eigenvalue weighted by Gasteiger charge is 2.24. The van der Waals surface area contributed by atoms with Crippen molar-refractivity contribution in [2.45, 2.75) is 26.3 Å². The van der Waals surface area contributed by atoms with Crippen LogP contribution in [0.3, 0.4) is 0 Å². The smallest absolute Gasteiger partial charge is 0.273 e. The first-order chi connectivity index (χ1) is 13.2. The fourth-order valence-electron chi connectivity index (χ4n) is 3.39. The number of aromatic nitrogens is 1. The van der Waals surface area contributed by atoms with Crippen LogP contribution in [-0.4, -0.2) is 28.9 Å². The number of fused-ring (bicyclic) bond motifs is 1. The number of hydrogen-bond acceptors (Lipinski definition) is 4. The summed E-state index contributed by atoms with van der Waals surface area (Å²) in [6.45, 7) is 3.96. The Kier molecular flexibility index (Phi) is 5.21. The zero-order chi connectivity index (χ0) is 18.6. The molecular weight excluding hydrogens is 356 g/mol. The largest absolute Gasteiger partial charge is 0.494 e. The Morgan fingerprint density at radius 3 is 2.85 bits per heavy atom. The van der Waals surface area contributed by atoms with Crippen LogP contribution >= 0.6 is 11.3 Å². The van der Waals surface area contributed by atoms with Crippen LogP contribution in [-0.2, 0) is 19.4 Å². The molecule has 4 nitrogen and oxygen atoms in total. The summed E-state index contributed by atoms with van der Waals surface area (Å²) >= 11 is 1.55. The Morgan fingerprint density at radius 2 is 2.04 bits per heavy atom. The van der Waals surface area contributed by atoms with Crippen LogP contribution in [0.5, 0.6) is 5.75 Å². The van der Waals surface area contributed by atoms with Gasteiger partial charge in [0.2, 0.25) is 0 Å². The van der Waals surface area contributed by atoms with Crippen molar-refractivity contribution < 1.29 is 9.53 Å². The van der Waals surface area contributed by atoms with Gasteiger partial charge >= 0.3 is 0 Å². The van der Waals surface area contributed by atoms with Crippen LogP contribution in [0.1, 0.15) is 39.1 Å². The van der Waals surface area contributed by atoms with Gasteiger partial charge in [0.05, 0.1) is 11.6 Å². The maximum Gasteiger partial charge on any atom is 0.273 e. The zero-order valence-corrected chi connectivity index (χ0v) is 16.2. The molecule has 1 amide bonds. The van der Waals surface area contributed by atoms with Crippen molar-refractivity contribution in [3.05, 3.63) is 81.3 Å². The predicted molar refractivity (Wildman–Crippen MR) is 107 cm³/mol. The van der Waals surface area contributed by atoms with E-state index < -0.39 is 0 Å². The summed E-state index contributed by atoms with van der Waals surface area (Å²) in [4.78, 5) is 19.4. The normalized spacial score (nSPS) is 13.3. The van der Waals surface area contributed by atoms with Gasteiger partial charge in [-0.3, -0.25) is 4.79 Å². The van der Waals surface area contributed by atoms with Crippen LogP contribution in [0.15, 0.2) is 53.9 Å². The minimum Gasteiger partial charge on any atom is -0.494 e. The molecule has 2 aromatic carbocycles. The minimum absolute atomic E-state index is 0.0121. The van der Waals surface area contributed by atoms with Gasteiger partial charge in [0.25, 0.3) is 5.91 Å². The standard InChI is InChI=1S/C22H22N2O2S/c1-2-26-19-9-8-17-10-11-24(14-18(17)13-19)22(25)20-15-27-21(23-20)12-16-6-4-3-5-7-16/h3-9,13,15H,2,10-12,14H2,1H3. The SMILES string of the molecule is CCOc1ccc2c(c1)CN(C(=O)c1csc(Cc3ccccc3)n1)CC2. The highest BCUT2D eigenvalue weighted by molar-refractivity contribution is 7.09. The summed E-state index contributed by atoms with van der Waals surface area (Å²) in [6, 6.07) is 16.4. The van der Waals surface area contributed by atoms with E-state index >= 15 is 0 Å². The van der Waals surface area contributed by atoms with E-state index in [9.17, 15) is 4.79 Å². The monoisotopic (exact) mass is 378 g/mol. The summed E-state index contributed by atoms with van der Waals surface area (Å²) < 4.78 is 5.60. The lowest BCUT2D eigenvalue weighted by Gasteiger charge is -2.28. The lowest BCUT2D eigenvalue weighted by molar-refractivity contribution is 0.0729. The van der Waals surface area contributed by atoms with Crippen molar-refractivity contribution in [1.29, 1.82) is 0 Å². The molecule has 0 unspecified atom stereocenters. The van der Waals surface area contributed by atoms with Crippen LogP contribution in [0, 0.1) is 0 Å². The molecule has 5 heteroatoms. The highest BCUT2D eigenvalue weighted by Crippen LogP contribution is 2.25. The lowest BCUT2D eigenvalue weighted by Crippen LogP contribution is -2.36. The van der Waals surface area contributed by atoms with E-state index in [1.807, 2.05) is 41.5 Å². The molecule has 2 heterocycles. The van der Waals surface area contributed by atoms with E-state index in [0.717, 1.165) is 30.1 Å². The molecule has 27 heavy (non-hydrogen) atoms. The first kappa shape index (κ1) is 17.7. The van der Waals surface area contributed by atoms with Gasteiger partial charge in [-0.2, -0.15) is 0 Å². The second-order valence-electron chi connectivity index (χ2n) is 6.63. The molecule has 1 aromatic heterocycles. The third kappa shape index (κ3) is 4.03. The summed E-state index contributed by atoms with van der Waals surface area (Å²) in [5.41, 5.74) is 4.22. The number of carbonyl (C=O) groups is 1. The molecule has 0 atom stereocenters.